The lowest BCUT2D eigenvalue weighted by Gasteiger charge is -2.12. The second-order valence-corrected chi connectivity index (χ2v) is 7.96. The van der Waals surface area contributed by atoms with Crippen LogP contribution in [-0.4, -0.2) is 29.4 Å². The molecule has 1 unspecified atom stereocenters. The first kappa shape index (κ1) is 18.6. The minimum absolute atomic E-state index is 0.170. The van der Waals surface area contributed by atoms with E-state index in [9.17, 15) is 4.79 Å². The maximum Gasteiger partial charge on any atom is 0.407 e. The SMILES string of the molecule is CCCSSCCC(S)CNC(=O)OCc1ccccc1. The second kappa shape index (κ2) is 12.1. The highest BCUT2D eigenvalue weighted by molar-refractivity contribution is 8.76. The van der Waals surface area contributed by atoms with Gasteiger partial charge in [-0.2, -0.15) is 12.6 Å². The van der Waals surface area contributed by atoms with E-state index in [1.54, 1.807) is 0 Å². The van der Waals surface area contributed by atoms with Gasteiger partial charge in [-0.15, -0.1) is 0 Å². The van der Waals surface area contributed by atoms with Crippen LogP contribution in [0.4, 0.5) is 4.79 Å². The Bertz CT molecular complexity index is 390. The largest absolute Gasteiger partial charge is 0.445 e. The Labute approximate surface area is 140 Å². The van der Waals surface area contributed by atoms with Crippen molar-refractivity contribution in [2.45, 2.75) is 31.6 Å². The van der Waals surface area contributed by atoms with Crippen molar-refractivity contribution in [2.75, 3.05) is 18.1 Å². The predicted octanol–water partition coefficient (Wildman–Crippen LogP) is 4.39. The minimum Gasteiger partial charge on any atom is -0.445 e. The summed E-state index contributed by atoms with van der Waals surface area (Å²) in [6, 6.07) is 9.65. The molecule has 1 atom stereocenters. The van der Waals surface area contributed by atoms with Crippen LogP contribution in [0.15, 0.2) is 30.3 Å². The first-order chi connectivity index (χ1) is 10.2. The summed E-state index contributed by atoms with van der Waals surface area (Å²) in [6.45, 7) is 3.02. The fourth-order valence-corrected chi connectivity index (χ4v) is 4.14. The van der Waals surface area contributed by atoms with Gasteiger partial charge in [-0.05, 0) is 18.4 Å². The lowest BCUT2D eigenvalue weighted by Crippen LogP contribution is -2.30. The van der Waals surface area contributed by atoms with Crippen molar-refractivity contribution in [1.29, 1.82) is 0 Å². The summed E-state index contributed by atoms with van der Waals surface area (Å²) in [5.41, 5.74) is 0.986. The van der Waals surface area contributed by atoms with Gasteiger partial charge in [-0.1, -0.05) is 58.8 Å². The van der Waals surface area contributed by atoms with Gasteiger partial charge in [0.15, 0.2) is 0 Å². The number of ether oxygens (including phenoxy) is 1. The third kappa shape index (κ3) is 9.98. The fourth-order valence-electron chi connectivity index (χ4n) is 1.46. The van der Waals surface area contributed by atoms with Gasteiger partial charge in [0.1, 0.15) is 6.61 Å². The monoisotopic (exact) mass is 345 g/mol. The summed E-state index contributed by atoms with van der Waals surface area (Å²) in [5, 5.41) is 2.92. The molecule has 1 aromatic carbocycles. The van der Waals surface area contributed by atoms with E-state index in [4.69, 9.17) is 4.74 Å². The van der Waals surface area contributed by atoms with Crippen LogP contribution in [0.1, 0.15) is 25.3 Å². The molecule has 0 aromatic heterocycles. The van der Waals surface area contributed by atoms with E-state index in [1.165, 1.54) is 12.2 Å². The zero-order chi connectivity index (χ0) is 15.3. The zero-order valence-electron chi connectivity index (χ0n) is 12.3. The van der Waals surface area contributed by atoms with Crippen LogP contribution < -0.4 is 5.32 Å². The topological polar surface area (TPSA) is 38.3 Å². The Morgan fingerprint density at radius 3 is 2.71 bits per heavy atom. The second-order valence-electron chi connectivity index (χ2n) is 4.53. The number of carbonyl (C=O) groups excluding carboxylic acids is 1. The van der Waals surface area contributed by atoms with Crippen LogP contribution in [0.5, 0.6) is 0 Å². The number of amides is 1. The number of rotatable bonds is 10. The molecule has 6 heteroatoms. The molecule has 0 aliphatic rings. The molecule has 1 aromatic rings. The first-order valence-corrected chi connectivity index (χ1v) is 10.1. The maximum atomic E-state index is 11.6. The van der Waals surface area contributed by atoms with Crippen LogP contribution in [0, 0.1) is 0 Å². The van der Waals surface area contributed by atoms with Gasteiger partial charge in [0, 0.05) is 23.3 Å². The van der Waals surface area contributed by atoms with Gasteiger partial charge in [0.05, 0.1) is 0 Å². The summed E-state index contributed by atoms with van der Waals surface area (Å²) < 4.78 is 5.14. The van der Waals surface area contributed by atoms with Gasteiger partial charge in [-0.25, -0.2) is 4.79 Å². The van der Waals surface area contributed by atoms with Gasteiger partial charge in [0.2, 0.25) is 0 Å². The van der Waals surface area contributed by atoms with Crippen molar-refractivity contribution < 1.29 is 9.53 Å². The molecule has 0 saturated carbocycles. The molecule has 0 heterocycles. The van der Waals surface area contributed by atoms with E-state index in [2.05, 4.69) is 24.9 Å². The van der Waals surface area contributed by atoms with Crippen LogP contribution in [0.25, 0.3) is 0 Å². The number of nitrogens with one attached hydrogen (secondary N) is 1. The van der Waals surface area contributed by atoms with Crippen molar-refractivity contribution in [2.24, 2.45) is 0 Å². The normalized spacial score (nSPS) is 11.9. The first-order valence-electron chi connectivity index (χ1n) is 7.09. The van der Waals surface area contributed by atoms with Crippen molar-refractivity contribution in [1.82, 2.24) is 5.32 Å². The molecule has 0 fully saturated rings. The van der Waals surface area contributed by atoms with Crippen LogP contribution in [0.2, 0.25) is 0 Å². The van der Waals surface area contributed by atoms with Crippen LogP contribution in [-0.2, 0) is 11.3 Å². The minimum atomic E-state index is -0.383. The highest BCUT2D eigenvalue weighted by atomic mass is 33.1. The van der Waals surface area contributed by atoms with Crippen LogP contribution in [0.3, 0.4) is 0 Å². The molecule has 0 spiro atoms. The van der Waals surface area contributed by atoms with E-state index in [1.807, 2.05) is 51.9 Å². The molecule has 1 N–H and O–H groups in total. The third-order valence-electron chi connectivity index (χ3n) is 2.60. The Balaban J connectivity index is 2.04. The molecule has 0 aliphatic heterocycles. The van der Waals surface area contributed by atoms with E-state index >= 15 is 0 Å². The number of benzene rings is 1. The van der Waals surface area contributed by atoms with Gasteiger partial charge >= 0.3 is 6.09 Å². The quantitative estimate of drug-likeness (QED) is 0.375. The average molecular weight is 346 g/mol. The Morgan fingerprint density at radius 1 is 1.29 bits per heavy atom. The molecule has 0 bridgehead atoms. The van der Waals surface area contributed by atoms with E-state index in [0.717, 1.165) is 17.7 Å². The number of hydrogen-bond acceptors (Lipinski definition) is 5. The van der Waals surface area contributed by atoms with Crippen LogP contribution >= 0.6 is 34.2 Å². The maximum absolute atomic E-state index is 11.6. The Kier molecular flexibility index (Phi) is 10.7. The predicted molar refractivity (Wildman–Crippen MR) is 97.2 cm³/mol. The number of thiol groups is 1. The van der Waals surface area contributed by atoms with E-state index in [0.29, 0.717) is 13.2 Å². The molecule has 21 heavy (non-hydrogen) atoms. The molecule has 118 valence electrons. The Morgan fingerprint density at radius 2 is 2.00 bits per heavy atom. The van der Waals surface area contributed by atoms with E-state index in [-0.39, 0.29) is 11.3 Å². The summed E-state index contributed by atoms with van der Waals surface area (Å²) in [5.74, 6) is 2.24. The van der Waals surface area contributed by atoms with Crippen molar-refractivity contribution >= 4 is 40.3 Å². The lowest BCUT2D eigenvalue weighted by molar-refractivity contribution is 0.139. The fraction of sp³-hybridized carbons (Fsp3) is 0.533. The molecular formula is C15H23NO2S3. The molecule has 1 amide bonds. The lowest BCUT2D eigenvalue weighted by atomic mass is 10.2. The summed E-state index contributed by atoms with van der Waals surface area (Å²) in [7, 11) is 3.77. The van der Waals surface area contributed by atoms with Crippen molar-refractivity contribution in [3.63, 3.8) is 0 Å². The summed E-state index contributed by atoms with van der Waals surface area (Å²) in [4.78, 5) is 11.6. The van der Waals surface area contributed by atoms with Crippen molar-refractivity contribution in [3.05, 3.63) is 35.9 Å². The highest BCUT2D eigenvalue weighted by Gasteiger charge is 2.07. The standard InChI is InChI=1S/C15H23NO2S3/c1-2-9-20-21-10-8-14(19)11-16-15(17)18-12-13-6-4-3-5-7-13/h3-7,14,19H,2,8-12H2,1H3,(H,16,17). The molecule has 0 saturated heterocycles. The zero-order valence-corrected chi connectivity index (χ0v) is 14.8. The van der Waals surface area contributed by atoms with Gasteiger partial charge in [0.25, 0.3) is 0 Å². The molecular weight excluding hydrogens is 322 g/mol. The molecule has 3 nitrogen and oxygen atoms in total. The molecule has 1 rings (SSSR count). The number of carbonyl (C=O) groups is 1. The van der Waals surface area contributed by atoms with E-state index < -0.39 is 0 Å². The van der Waals surface area contributed by atoms with Gasteiger partial charge < -0.3 is 10.1 Å². The summed E-state index contributed by atoms with van der Waals surface area (Å²) in [6.07, 6.45) is 1.80. The summed E-state index contributed by atoms with van der Waals surface area (Å²) >= 11 is 4.47. The highest BCUT2D eigenvalue weighted by Crippen LogP contribution is 2.23. The number of alkyl carbamates (subject to hydrolysis) is 1. The molecule has 0 radical (unpaired) electrons. The molecule has 0 aliphatic carbocycles. The third-order valence-corrected chi connectivity index (χ3v) is 5.68. The average Bonchev–Trinajstić information content (AvgIpc) is 2.51. The number of hydrogen-bond donors (Lipinski definition) is 2. The smallest absolute Gasteiger partial charge is 0.407 e. The Hall–Kier alpha value is -0.460. The van der Waals surface area contributed by atoms with Gasteiger partial charge in [-0.3, -0.25) is 0 Å². The van der Waals surface area contributed by atoms with Crippen molar-refractivity contribution in [3.8, 4) is 0 Å².